The Kier molecular flexibility index (Phi) is 5.67. The minimum Gasteiger partial charge on any atom is -0.469 e. The molecule has 3 heterocycles. The summed E-state index contributed by atoms with van der Waals surface area (Å²) in [6.45, 7) is 1.59. The Hall–Kier alpha value is -1.48. The van der Waals surface area contributed by atoms with Crippen LogP contribution in [-0.4, -0.2) is 58.9 Å². The first-order chi connectivity index (χ1) is 12.4. The van der Waals surface area contributed by atoms with Crippen LogP contribution in [0.3, 0.4) is 0 Å². The monoisotopic (exact) mass is 383 g/mol. The molecule has 2 unspecified atom stereocenters. The first-order valence-corrected chi connectivity index (χ1v) is 10.1. The van der Waals surface area contributed by atoms with Crippen LogP contribution in [0.5, 0.6) is 0 Å². The quantitative estimate of drug-likeness (QED) is 0.524. The predicted octanol–water partition coefficient (Wildman–Crippen LogP) is 1.78. The molecule has 0 saturated carbocycles. The lowest BCUT2D eigenvalue weighted by molar-refractivity contribution is -0.208. The molecule has 144 valence electrons. The number of benzene rings is 1. The summed E-state index contributed by atoms with van der Waals surface area (Å²) in [4.78, 5) is 13.9. The third-order valence-electron chi connectivity index (χ3n) is 5.57. The highest BCUT2D eigenvalue weighted by atomic mass is 32.2. The molecule has 2 bridgehead atoms. The molecule has 3 aliphatic heterocycles. The van der Waals surface area contributed by atoms with Crippen LogP contribution in [0.4, 0.5) is 0 Å². The van der Waals surface area contributed by atoms with Gasteiger partial charge in [0, 0.05) is 32.0 Å². The molecule has 1 aromatic carbocycles. The van der Waals surface area contributed by atoms with Gasteiger partial charge in [0.25, 0.3) is 10.1 Å². The minimum atomic E-state index is -3.93. The molecule has 3 aliphatic rings. The van der Waals surface area contributed by atoms with Gasteiger partial charge in [-0.1, -0.05) is 18.2 Å². The summed E-state index contributed by atoms with van der Waals surface area (Å²) in [5.74, 6) is -0.300. The van der Waals surface area contributed by atoms with Crippen LogP contribution in [0.15, 0.2) is 35.2 Å². The zero-order valence-corrected chi connectivity index (χ0v) is 15.9. The number of esters is 1. The minimum absolute atomic E-state index is 0.120. The van der Waals surface area contributed by atoms with E-state index < -0.39 is 27.9 Å². The maximum absolute atomic E-state index is 12.8. The number of piperidine rings is 3. The average molecular weight is 383 g/mol. The van der Waals surface area contributed by atoms with E-state index in [9.17, 15) is 13.2 Å². The topological polar surface area (TPSA) is 82.1 Å². The smallest absolute Gasteiger partial charge is 0.305 e. The van der Waals surface area contributed by atoms with Crippen molar-refractivity contribution in [2.24, 2.45) is 5.41 Å². The maximum Gasteiger partial charge on any atom is 0.305 e. The Morgan fingerprint density at radius 3 is 2.42 bits per heavy atom. The number of carbonyl (C=O) groups excluding carboxylic acids is 1. The van der Waals surface area contributed by atoms with Gasteiger partial charge >= 0.3 is 5.97 Å². The molecule has 2 atom stereocenters. The number of rotatable bonds is 7. The maximum atomic E-state index is 12.8. The third-order valence-corrected chi connectivity index (χ3v) is 6.88. The lowest BCUT2D eigenvalue weighted by Gasteiger charge is -2.56. The van der Waals surface area contributed by atoms with Gasteiger partial charge in [-0.05, 0) is 31.4 Å². The largest absolute Gasteiger partial charge is 0.469 e. The Morgan fingerprint density at radius 1 is 1.19 bits per heavy atom. The fourth-order valence-corrected chi connectivity index (χ4v) is 5.22. The molecule has 3 saturated heterocycles. The average Bonchev–Trinajstić information content (AvgIpc) is 2.67. The first kappa shape index (κ1) is 19.3. The SMILES string of the molecule is COC(=O)CCC12CCN(CC1)C(OC)C2OS(=O)(=O)c1ccccc1. The Balaban J connectivity index is 1.88. The van der Waals surface area contributed by atoms with Crippen molar-refractivity contribution in [3.63, 3.8) is 0 Å². The summed E-state index contributed by atoms with van der Waals surface area (Å²) >= 11 is 0. The van der Waals surface area contributed by atoms with Crippen LogP contribution in [0.25, 0.3) is 0 Å². The van der Waals surface area contributed by atoms with Crippen LogP contribution in [0.2, 0.25) is 0 Å². The molecule has 8 heteroatoms. The van der Waals surface area contributed by atoms with Crippen molar-refractivity contribution < 1.29 is 26.9 Å². The molecule has 0 aliphatic carbocycles. The van der Waals surface area contributed by atoms with E-state index >= 15 is 0 Å². The van der Waals surface area contributed by atoms with Gasteiger partial charge in [0.05, 0.1) is 12.0 Å². The fourth-order valence-electron chi connectivity index (χ4n) is 4.05. The van der Waals surface area contributed by atoms with E-state index in [1.807, 2.05) is 0 Å². The number of ether oxygens (including phenoxy) is 2. The van der Waals surface area contributed by atoms with Crippen molar-refractivity contribution >= 4 is 16.1 Å². The van der Waals surface area contributed by atoms with Crippen molar-refractivity contribution in [1.82, 2.24) is 4.90 Å². The number of hydrogen-bond donors (Lipinski definition) is 0. The van der Waals surface area contributed by atoms with Crippen molar-refractivity contribution in [2.45, 2.75) is 42.9 Å². The van der Waals surface area contributed by atoms with Gasteiger partial charge in [0.15, 0.2) is 0 Å². The van der Waals surface area contributed by atoms with Gasteiger partial charge in [-0.15, -0.1) is 0 Å². The van der Waals surface area contributed by atoms with E-state index in [-0.39, 0.29) is 17.3 Å². The molecular formula is C18H25NO6S. The normalized spacial score (nSPS) is 30.9. The molecule has 0 radical (unpaired) electrons. The van der Waals surface area contributed by atoms with Gasteiger partial charge in [0.2, 0.25) is 0 Å². The Labute approximate surface area is 154 Å². The second-order valence-corrected chi connectivity index (χ2v) is 8.46. The Bertz CT molecular complexity index is 727. The number of carbonyl (C=O) groups is 1. The molecular weight excluding hydrogens is 358 g/mol. The summed E-state index contributed by atoms with van der Waals surface area (Å²) in [6.07, 6.45) is 1.16. The zero-order valence-electron chi connectivity index (χ0n) is 15.1. The molecule has 3 fully saturated rings. The summed E-state index contributed by atoms with van der Waals surface area (Å²) in [6, 6.07) is 8.10. The van der Waals surface area contributed by atoms with E-state index in [1.165, 1.54) is 19.2 Å². The van der Waals surface area contributed by atoms with E-state index in [0.717, 1.165) is 25.9 Å². The number of fused-ring (bicyclic) bond motifs is 3. The highest BCUT2D eigenvalue weighted by Gasteiger charge is 2.55. The summed E-state index contributed by atoms with van der Waals surface area (Å²) < 4.78 is 41.7. The van der Waals surface area contributed by atoms with Gasteiger partial charge in [-0.25, -0.2) is 0 Å². The highest BCUT2D eigenvalue weighted by molar-refractivity contribution is 7.86. The zero-order chi connectivity index (χ0) is 18.8. The third kappa shape index (κ3) is 3.64. The predicted molar refractivity (Wildman–Crippen MR) is 93.8 cm³/mol. The Morgan fingerprint density at radius 2 is 1.85 bits per heavy atom. The molecule has 1 aromatic rings. The fraction of sp³-hybridized carbons (Fsp3) is 0.611. The van der Waals surface area contributed by atoms with Gasteiger partial charge in [0.1, 0.15) is 12.3 Å². The van der Waals surface area contributed by atoms with E-state index in [2.05, 4.69) is 4.90 Å². The van der Waals surface area contributed by atoms with E-state index in [0.29, 0.717) is 6.42 Å². The molecule has 0 aromatic heterocycles. The van der Waals surface area contributed by atoms with E-state index in [4.69, 9.17) is 13.7 Å². The summed E-state index contributed by atoms with van der Waals surface area (Å²) in [5.41, 5.74) is -0.425. The van der Waals surface area contributed by atoms with Crippen LogP contribution < -0.4 is 0 Å². The van der Waals surface area contributed by atoms with Gasteiger partial charge in [-0.3, -0.25) is 13.9 Å². The second kappa shape index (κ2) is 7.64. The van der Waals surface area contributed by atoms with Gasteiger partial charge in [-0.2, -0.15) is 8.42 Å². The van der Waals surface area contributed by atoms with Crippen molar-refractivity contribution in [2.75, 3.05) is 27.3 Å². The number of hydrogen-bond acceptors (Lipinski definition) is 7. The van der Waals surface area contributed by atoms with Crippen LogP contribution >= 0.6 is 0 Å². The summed E-state index contributed by atoms with van der Waals surface area (Å²) in [5, 5.41) is 0. The number of methoxy groups -OCH3 is 2. The first-order valence-electron chi connectivity index (χ1n) is 8.74. The second-order valence-electron chi connectivity index (χ2n) is 6.88. The van der Waals surface area contributed by atoms with Crippen LogP contribution in [0.1, 0.15) is 25.7 Å². The molecule has 7 nitrogen and oxygen atoms in total. The molecule has 26 heavy (non-hydrogen) atoms. The van der Waals surface area contributed by atoms with E-state index in [1.54, 1.807) is 25.3 Å². The molecule has 0 N–H and O–H groups in total. The molecule has 4 rings (SSSR count). The molecule has 0 amide bonds. The van der Waals surface area contributed by atoms with Crippen molar-refractivity contribution in [3.8, 4) is 0 Å². The van der Waals surface area contributed by atoms with Gasteiger partial charge < -0.3 is 9.47 Å². The van der Waals surface area contributed by atoms with Crippen molar-refractivity contribution in [3.05, 3.63) is 30.3 Å². The highest BCUT2D eigenvalue weighted by Crippen LogP contribution is 2.49. The van der Waals surface area contributed by atoms with Crippen LogP contribution in [-0.2, 0) is 28.6 Å². The summed E-state index contributed by atoms with van der Waals surface area (Å²) in [7, 11) is -1.01. The van der Waals surface area contributed by atoms with Crippen molar-refractivity contribution in [1.29, 1.82) is 0 Å². The molecule has 0 spiro atoms. The standard InChI is InChI=1S/C18H25NO6S/c1-23-15(20)8-9-18-10-12-19(13-11-18)17(24-2)16(18)25-26(21,22)14-6-4-3-5-7-14/h3-7,16-17H,8-13H2,1-2H3. The number of nitrogens with zero attached hydrogens (tertiary/aromatic N) is 1. The van der Waals surface area contributed by atoms with Crippen LogP contribution in [0, 0.1) is 5.41 Å². The lowest BCUT2D eigenvalue weighted by Crippen LogP contribution is -2.65. The lowest BCUT2D eigenvalue weighted by atomic mass is 9.66.